The van der Waals surface area contributed by atoms with Crippen LogP contribution in [0.5, 0.6) is 0 Å². The van der Waals surface area contributed by atoms with Crippen molar-refractivity contribution in [2.75, 3.05) is 32.8 Å². The van der Waals surface area contributed by atoms with Crippen molar-refractivity contribution in [1.29, 1.82) is 0 Å². The Kier molecular flexibility index (Phi) is 8.90. The van der Waals surface area contributed by atoms with Crippen molar-refractivity contribution in [1.82, 2.24) is 16.0 Å². The van der Waals surface area contributed by atoms with E-state index in [2.05, 4.69) is 16.0 Å². The molecule has 0 aromatic heterocycles. The number of hydrogen-bond donors (Lipinski definition) is 3. The Morgan fingerprint density at radius 1 is 1.18 bits per heavy atom. The first-order valence-corrected chi connectivity index (χ1v) is 5.69. The Hall–Kier alpha value is -0.0700. The van der Waals surface area contributed by atoms with E-state index in [0.29, 0.717) is 13.2 Å². The highest BCUT2D eigenvalue weighted by molar-refractivity contribution is 5.85. The Balaban J connectivity index is 0.00000128. The van der Waals surface area contributed by atoms with Gasteiger partial charge in [0.1, 0.15) is 6.10 Å². The van der Waals surface area contributed by atoms with E-state index in [0.717, 1.165) is 32.5 Å². The topological polar surface area (TPSA) is 62.4 Å². The second kappa shape index (κ2) is 8.94. The van der Waals surface area contributed by atoms with Crippen LogP contribution in [0.3, 0.4) is 0 Å². The second-order valence-electron chi connectivity index (χ2n) is 4.12. The fourth-order valence-corrected chi connectivity index (χ4v) is 2.00. The van der Waals surface area contributed by atoms with Crippen molar-refractivity contribution in [2.45, 2.75) is 25.0 Å². The molecule has 2 saturated heterocycles. The monoisotopic (exact) mass is 285 g/mol. The molecule has 0 unspecified atom stereocenters. The van der Waals surface area contributed by atoms with E-state index in [1.807, 2.05) is 0 Å². The van der Waals surface area contributed by atoms with Gasteiger partial charge in [-0.3, -0.25) is 4.79 Å². The van der Waals surface area contributed by atoms with Crippen LogP contribution >= 0.6 is 24.8 Å². The summed E-state index contributed by atoms with van der Waals surface area (Å²) in [6.45, 7) is 4.04. The van der Waals surface area contributed by atoms with E-state index in [1.165, 1.54) is 0 Å². The van der Waals surface area contributed by atoms with E-state index < -0.39 is 0 Å². The summed E-state index contributed by atoms with van der Waals surface area (Å²) < 4.78 is 5.39. The van der Waals surface area contributed by atoms with Gasteiger partial charge in [0.25, 0.3) is 5.91 Å². The van der Waals surface area contributed by atoms with Crippen molar-refractivity contribution in [3.63, 3.8) is 0 Å². The Labute approximate surface area is 114 Å². The van der Waals surface area contributed by atoms with Crippen LogP contribution < -0.4 is 16.0 Å². The lowest BCUT2D eigenvalue weighted by Gasteiger charge is -2.28. The van der Waals surface area contributed by atoms with Crippen LogP contribution in [0.2, 0.25) is 0 Å². The fourth-order valence-electron chi connectivity index (χ4n) is 2.00. The number of piperidine rings is 1. The third-order valence-electron chi connectivity index (χ3n) is 2.86. The molecule has 2 aliphatic heterocycles. The van der Waals surface area contributed by atoms with Crippen LogP contribution in [0.4, 0.5) is 0 Å². The summed E-state index contributed by atoms with van der Waals surface area (Å²) in [6.07, 6.45) is 1.90. The summed E-state index contributed by atoms with van der Waals surface area (Å²) in [7, 11) is 0. The molecule has 2 aliphatic rings. The van der Waals surface area contributed by atoms with Crippen LogP contribution in [-0.2, 0) is 9.53 Å². The van der Waals surface area contributed by atoms with Gasteiger partial charge < -0.3 is 20.7 Å². The number of halogens is 2. The van der Waals surface area contributed by atoms with Crippen LogP contribution in [0.15, 0.2) is 0 Å². The predicted molar refractivity (Wildman–Crippen MR) is 71.1 cm³/mol. The molecule has 2 fully saturated rings. The fraction of sp³-hybridized carbons (Fsp3) is 0.900. The van der Waals surface area contributed by atoms with Gasteiger partial charge in [-0.2, -0.15) is 0 Å². The van der Waals surface area contributed by atoms with Gasteiger partial charge in [0.2, 0.25) is 0 Å². The third kappa shape index (κ3) is 5.40. The minimum absolute atomic E-state index is 0. The molecule has 0 aromatic rings. The van der Waals surface area contributed by atoms with Crippen LogP contribution in [-0.4, -0.2) is 50.8 Å². The maximum atomic E-state index is 11.8. The van der Waals surface area contributed by atoms with Crippen molar-refractivity contribution < 1.29 is 9.53 Å². The summed E-state index contributed by atoms with van der Waals surface area (Å²) in [5, 5.41) is 9.45. The third-order valence-corrected chi connectivity index (χ3v) is 2.86. The Bertz CT molecular complexity index is 220. The molecule has 0 spiro atoms. The molecule has 102 valence electrons. The molecular formula is C10H21Cl2N3O2. The first kappa shape index (κ1) is 16.9. The normalized spacial score (nSPS) is 28.5. The Morgan fingerprint density at radius 2 is 1.94 bits per heavy atom. The number of morpholine rings is 1. The van der Waals surface area contributed by atoms with Gasteiger partial charge in [-0.1, -0.05) is 0 Å². The summed E-state index contributed by atoms with van der Waals surface area (Å²) in [5.41, 5.74) is 0. The molecule has 17 heavy (non-hydrogen) atoms. The summed E-state index contributed by atoms with van der Waals surface area (Å²) >= 11 is 0. The number of rotatable bonds is 2. The van der Waals surface area contributed by atoms with Gasteiger partial charge in [0.05, 0.1) is 6.61 Å². The van der Waals surface area contributed by atoms with Crippen LogP contribution in [0.1, 0.15) is 12.8 Å². The first-order chi connectivity index (χ1) is 7.36. The minimum Gasteiger partial charge on any atom is -0.366 e. The lowest BCUT2D eigenvalue weighted by Crippen LogP contribution is -2.53. The lowest BCUT2D eigenvalue weighted by atomic mass is 10.1. The van der Waals surface area contributed by atoms with Gasteiger partial charge in [0.15, 0.2) is 0 Å². The highest BCUT2D eigenvalue weighted by Crippen LogP contribution is 2.03. The molecule has 5 nitrogen and oxygen atoms in total. The highest BCUT2D eigenvalue weighted by atomic mass is 35.5. The molecule has 7 heteroatoms. The van der Waals surface area contributed by atoms with Crippen LogP contribution in [0.25, 0.3) is 0 Å². The summed E-state index contributed by atoms with van der Waals surface area (Å²) in [6, 6.07) is 0.275. The maximum absolute atomic E-state index is 11.8. The van der Waals surface area contributed by atoms with Gasteiger partial charge in [0, 0.05) is 25.7 Å². The second-order valence-corrected chi connectivity index (χ2v) is 4.12. The smallest absolute Gasteiger partial charge is 0.250 e. The minimum atomic E-state index is -0.305. The standard InChI is InChI=1S/C10H19N3O2.2ClH/c14-10(9-7-12-4-5-15-9)13-8-2-1-3-11-6-8;;/h8-9,11-12H,1-7H2,(H,13,14);2*1H/t8-,9+;;/m0../s1. The van der Waals surface area contributed by atoms with Crippen LogP contribution in [0, 0.1) is 0 Å². The van der Waals surface area contributed by atoms with E-state index in [9.17, 15) is 4.79 Å². The largest absolute Gasteiger partial charge is 0.366 e. The zero-order valence-corrected chi connectivity index (χ0v) is 11.4. The van der Waals surface area contributed by atoms with Gasteiger partial charge in [-0.25, -0.2) is 0 Å². The molecule has 0 radical (unpaired) electrons. The zero-order valence-electron chi connectivity index (χ0n) is 9.74. The number of amides is 1. The van der Waals surface area contributed by atoms with Crippen molar-refractivity contribution in [3.05, 3.63) is 0 Å². The van der Waals surface area contributed by atoms with E-state index in [-0.39, 0.29) is 42.9 Å². The molecule has 2 rings (SSSR count). The lowest BCUT2D eigenvalue weighted by molar-refractivity contribution is -0.135. The molecule has 1 amide bonds. The number of carbonyl (C=O) groups is 1. The molecular weight excluding hydrogens is 265 g/mol. The summed E-state index contributed by atoms with van der Waals surface area (Å²) in [5.74, 6) is 0.0240. The molecule has 0 aromatic carbocycles. The van der Waals surface area contributed by atoms with Crippen molar-refractivity contribution in [2.24, 2.45) is 0 Å². The molecule has 0 aliphatic carbocycles. The molecule has 0 bridgehead atoms. The highest BCUT2D eigenvalue weighted by Gasteiger charge is 2.24. The Morgan fingerprint density at radius 3 is 2.53 bits per heavy atom. The number of nitrogens with one attached hydrogen (secondary N) is 3. The van der Waals surface area contributed by atoms with E-state index in [1.54, 1.807) is 0 Å². The van der Waals surface area contributed by atoms with E-state index in [4.69, 9.17) is 4.74 Å². The average Bonchev–Trinajstić information content (AvgIpc) is 2.31. The van der Waals surface area contributed by atoms with Crippen molar-refractivity contribution in [3.8, 4) is 0 Å². The van der Waals surface area contributed by atoms with Crippen molar-refractivity contribution >= 4 is 30.7 Å². The van der Waals surface area contributed by atoms with Gasteiger partial charge >= 0.3 is 0 Å². The number of hydrogen-bond acceptors (Lipinski definition) is 4. The molecule has 2 atom stereocenters. The SMILES string of the molecule is Cl.Cl.O=C(N[C@H]1CCCNC1)[C@H]1CNCCO1. The zero-order chi connectivity index (χ0) is 10.5. The quantitative estimate of drug-likeness (QED) is 0.651. The predicted octanol–water partition coefficient (Wildman–Crippen LogP) is -0.313. The molecule has 2 heterocycles. The summed E-state index contributed by atoms with van der Waals surface area (Å²) in [4.78, 5) is 11.8. The van der Waals surface area contributed by atoms with Gasteiger partial charge in [-0.15, -0.1) is 24.8 Å². The number of ether oxygens (including phenoxy) is 1. The van der Waals surface area contributed by atoms with E-state index >= 15 is 0 Å². The molecule has 0 saturated carbocycles. The number of carbonyl (C=O) groups excluding carboxylic acids is 1. The maximum Gasteiger partial charge on any atom is 0.250 e. The van der Waals surface area contributed by atoms with Gasteiger partial charge in [-0.05, 0) is 19.4 Å². The first-order valence-electron chi connectivity index (χ1n) is 5.69. The molecule has 3 N–H and O–H groups in total. The average molecular weight is 286 g/mol.